The van der Waals surface area contributed by atoms with Gasteiger partial charge in [-0.2, -0.15) is 5.10 Å². The number of amides is 1. The number of aromatic hydroxyl groups is 1. The molecule has 2 aromatic carbocycles. The Morgan fingerprint density at radius 3 is 2.81 bits per heavy atom. The van der Waals surface area contributed by atoms with Crippen LogP contribution in [0.25, 0.3) is 10.9 Å². The van der Waals surface area contributed by atoms with E-state index in [9.17, 15) is 9.90 Å². The van der Waals surface area contributed by atoms with Gasteiger partial charge in [-0.3, -0.25) is 4.79 Å². The van der Waals surface area contributed by atoms with E-state index in [1.54, 1.807) is 24.3 Å². The van der Waals surface area contributed by atoms with E-state index in [-0.39, 0.29) is 17.4 Å². The highest BCUT2D eigenvalue weighted by atomic mass is 32.2. The molecule has 0 saturated heterocycles. The number of fused-ring (bicyclic) bond motifs is 1. The third-order valence-corrected chi connectivity index (χ3v) is 4.82. The molecule has 0 aliphatic carbocycles. The van der Waals surface area contributed by atoms with Crippen molar-refractivity contribution in [2.75, 3.05) is 5.75 Å². The van der Waals surface area contributed by atoms with Crippen LogP contribution in [-0.2, 0) is 4.79 Å². The summed E-state index contributed by atoms with van der Waals surface area (Å²) in [5.74, 6) is 0.0964. The Bertz CT molecular complexity index is 986. The molecule has 0 spiro atoms. The minimum absolute atomic E-state index is 0.117. The van der Waals surface area contributed by atoms with Gasteiger partial charge >= 0.3 is 0 Å². The molecule has 0 unspecified atom stereocenters. The number of para-hydroxylation sites is 2. The fraction of sp³-hybridized carbons (Fsp3) is 0.150. The lowest BCUT2D eigenvalue weighted by molar-refractivity contribution is -0.118. The fourth-order valence-electron chi connectivity index (χ4n) is 2.55. The number of pyridine rings is 1. The molecule has 0 saturated carbocycles. The third kappa shape index (κ3) is 4.21. The quantitative estimate of drug-likeness (QED) is 0.410. The molecule has 5 nitrogen and oxygen atoms in total. The van der Waals surface area contributed by atoms with Crippen molar-refractivity contribution in [1.82, 2.24) is 10.4 Å². The van der Waals surface area contributed by atoms with Crippen LogP contribution in [-0.4, -0.2) is 28.0 Å². The van der Waals surface area contributed by atoms with E-state index in [0.717, 1.165) is 27.1 Å². The van der Waals surface area contributed by atoms with Crippen molar-refractivity contribution < 1.29 is 9.90 Å². The monoisotopic (exact) mass is 365 g/mol. The van der Waals surface area contributed by atoms with Crippen molar-refractivity contribution in [3.05, 3.63) is 65.2 Å². The van der Waals surface area contributed by atoms with Crippen LogP contribution in [0.1, 0.15) is 16.7 Å². The van der Waals surface area contributed by atoms with Gasteiger partial charge in [0.2, 0.25) is 5.91 Å². The van der Waals surface area contributed by atoms with Crippen molar-refractivity contribution in [2.24, 2.45) is 5.10 Å². The summed E-state index contributed by atoms with van der Waals surface area (Å²) >= 11 is 1.37. The van der Waals surface area contributed by atoms with Crippen LogP contribution in [0.15, 0.2) is 58.7 Å². The molecule has 26 heavy (non-hydrogen) atoms. The van der Waals surface area contributed by atoms with E-state index in [1.807, 2.05) is 32.0 Å². The number of hydrazone groups is 1. The first kappa shape index (κ1) is 17.9. The highest BCUT2D eigenvalue weighted by Crippen LogP contribution is 2.25. The molecule has 0 atom stereocenters. The Hall–Kier alpha value is -2.86. The molecule has 0 bridgehead atoms. The highest BCUT2D eigenvalue weighted by molar-refractivity contribution is 7.99. The van der Waals surface area contributed by atoms with Crippen molar-refractivity contribution in [3.8, 4) is 5.75 Å². The number of rotatable bonds is 5. The number of carbonyl (C=O) groups is 1. The van der Waals surface area contributed by atoms with E-state index >= 15 is 0 Å². The normalized spacial score (nSPS) is 11.2. The smallest absolute Gasteiger partial charge is 0.250 e. The molecule has 3 rings (SSSR count). The Labute approximate surface area is 156 Å². The molecule has 0 fully saturated rings. The summed E-state index contributed by atoms with van der Waals surface area (Å²) in [6, 6.07) is 14.9. The Morgan fingerprint density at radius 2 is 2.00 bits per heavy atom. The van der Waals surface area contributed by atoms with Gasteiger partial charge in [-0.15, -0.1) is 0 Å². The number of phenols is 1. The number of aryl methyl sites for hydroxylation is 2. The maximum absolute atomic E-state index is 12.0. The van der Waals surface area contributed by atoms with Crippen molar-refractivity contribution in [3.63, 3.8) is 0 Å². The zero-order chi connectivity index (χ0) is 18.5. The average molecular weight is 365 g/mol. The first-order valence-electron chi connectivity index (χ1n) is 8.14. The lowest BCUT2D eigenvalue weighted by Gasteiger charge is -2.08. The predicted octanol–water partition coefficient (Wildman–Crippen LogP) is 3.80. The van der Waals surface area contributed by atoms with E-state index in [1.165, 1.54) is 18.0 Å². The number of thioether (sulfide) groups is 1. The maximum Gasteiger partial charge on any atom is 0.250 e. The minimum atomic E-state index is -0.231. The molecular weight excluding hydrogens is 346 g/mol. The van der Waals surface area contributed by atoms with Crippen LogP contribution < -0.4 is 5.43 Å². The summed E-state index contributed by atoms with van der Waals surface area (Å²) in [6.45, 7) is 4.08. The number of benzene rings is 2. The summed E-state index contributed by atoms with van der Waals surface area (Å²) in [7, 11) is 0. The number of aromatic nitrogens is 1. The maximum atomic E-state index is 12.0. The van der Waals surface area contributed by atoms with Gasteiger partial charge in [-0.05, 0) is 43.2 Å². The number of nitrogens with zero attached hydrogens (tertiary/aromatic N) is 2. The first-order valence-corrected chi connectivity index (χ1v) is 9.13. The summed E-state index contributed by atoms with van der Waals surface area (Å²) in [4.78, 5) is 16.6. The van der Waals surface area contributed by atoms with Gasteiger partial charge in [0.05, 0.1) is 22.5 Å². The second kappa shape index (κ2) is 8.01. The van der Waals surface area contributed by atoms with Crippen LogP contribution in [0, 0.1) is 13.8 Å². The molecule has 1 aromatic heterocycles. The second-order valence-electron chi connectivity index (χ2n) is 5.89. The molecule has 2 N–H and O–H groups in total. The van der Waals surface area contributed by atoms with Gasteiger partial charge in [-0.1, -0.05) is 42.1 Å². The number of carbonyl (C=O) groups excluding carboxylic acids is 1. The van der Waals surface area contributed by atoms with Gasteiger partial charge in [0.25, 0.3) is 0 Å². The van der Waals surface area contributed by atoms with E-state index in [4.69, 9.17) is 0 Å². The van der Waals surface area contributed by atoms with Crippen LogP contribution >= 0.6 is 11.8 Å². The SMILES string of the molecule is Cc1cc(SCC(=O)NN=Cc2ccccc2O)nc2c(C)cccc12. The molecule has 0 radical (unpaired) electrons. The summed E-state index contributed by atoms with van der Waals surface area (Å²) in [6.07, 6.45) is 1.42. The second-order valence-corrected chi connectivity index (χ2v) is 6.88. The lowest BCUT2D eigenvalue weighted by Crippen LogP contribution is -2.19. The first-order chi connectivity index (χ1) is 12.5. The minimum Gasteiger partial charge on any atom is -0.507 e. The lowest BCUT2D eigenvalue weighted by atomic mass is 10.1. The third-order valence-electron chi connectivity index (χ3n) is 3.91. The molecule has 3 aromatic rings. The number of nitrogens with one attached hydrogen (secondary N) is 1. The molecule has 0 aliphatic rings. The molecule has 0 aliphatic heterocycles. The average Bonchev–Trinajstić information content (AvgIpc) is 2.62. The Morgan fingerprint density at radius 1 is 1.19 bits per heavy atom. The molecular formula is C20H19N3O2S. The highest BCUT2D eigenvalue weighted by Gasteiger charge is 2.08. The van der Waals surface area contributed by atoms with Crippen LogP contribution in [0.4, 0.5) is 0 Å². The van der Waals surface area contributed by atoms with Gasteiger partial charge in [0.1, 0.15) is 5.75 Å². The van der Waals surface area contributed by atoms with Gasteiger partial charge in [0.15, 0.2) is 0 Å². The topological polar surface area (TPSA) is 74.6 Å². The van der Waals surface area contributed by atoms with Gasteiger partial charge < -0.3 is 5.11 Å². The van der Waals surface area contributed by atoms with Crippen LogP contribution in [0.3, 0.4) is 0 Å². The van der Waals surface area contributed by atoms with Crippen LogP contribution in [0.2, 0.25) is 0 Å². The Kier molecular flexibility index (Phi) is 5.53. The van der Waals surface area contributed by atoms with Crippen molar-refractivity contribution in [2.45, 2.75) is 18.9 Å². The zero-order valence-electron chi connectivity index (χ0n) is 14.6. The van der Waals surface area contributed by atoms with E-state index in [2.05, 4.69) is 21.6 Å². The fourth-order valence-corrected chi connectivity index (χ4v) is 3.31. The molecule has 6 heteroatoms. The summed E-state index contributed by atoms with van der Waals surface area (Å²) in [5.41, 5.74) is 6.23. The predicted molar refractivity (Wildman–Crippen MR) is 106 cm³/mol. The van der Waals surface area contributed by atoms with Crippen molar-refractivity contribution >= 4 is 34.8 Å². The molecule has 132 valence electrons. The standard InChI is InChI=1S/C20H19N3O2S/c1-13-6-5-8-16-14(2)10-19(22-20(13)16)26-12-18(25)23-21-11-15-7-3-4-9-17(15)24/h3-11,24H,12H2,1-2H3,(H,23,25). The zero-order valence-corrected chi connectivity index (χ0v) is 15.4. The van der Waals surface area contributed by atoms with E-state index in [0.29, 0.717) is 5.56 Å². The molecule has 1 heterocycles. The Balaban J connectivity index is 1.62. The summed E-state index contributed by atoms with van der Waals surface area (Å²) < 4.78 is 0. The number of hydrogen-bond donors (Lipinski definition) is 2. The van der Waals surface area contributed by atoms with Crippen molar-refractivity contribution in [1.29, 1.82) is 0 Å². The number of hydrogen-bond acceptors (Lipinski definition) is 5. The van der Waals surface area contributed by atoms with Crippen LogP contribution in [0.5, 0.6) is 5.75 Å². The largest absolute Gasteiger partial charge is 0.507 e. The van der Waals surface area contributed by atoms with Gasteiger partial charge in [-0.25, -0.2) is 10.4 Å². The summed E-state index contributed by atoms with van der Waals surface area (Å²) in [5, 5.41) is 15.5. The van der Waals surface area contributed by atoms with E-state index < -0.39 is 0 Å². The number of phenolic OH excluding ortho intramolecular Hbond substituents is 1. The molecule has 1 amide bonds. The van der Waals surface area contributed by atoms with Gasteiger partial charge in [0, 0.05) is 10.9 Å².